The quantitative estimate of drug-likeness (QED) is 0.811. The molecule has 0 amide bonds. The van der Waals surface area contributed by atoms with Crippen LogP contribution in [0.25, 0.3) is 0 Å². The number of nitrogens with two attached hydrogens (primary N) is 1. The smallest absolute Gasteiger partial charge is 0.0805 e. The number of thiophene rings is 1. The van der Waals surface area contributed by atoms with Crippen molar-refractivity contribution in [2.75, 3.05) is 6.61 Å². The van der Waals surface area contributed by atoms with Crippen molar-refractivity contribution in [1.82, 2.24) is 0 Å². The van der Waals surface area contributed by atoms with Crippen molar-refractivity contribution in [3.05, 3.63) is 22.4 Å². The van der Waals surface area contributed by atoms with Gasteiger partial charge in [0, 0.05) is 17.5 Å². The summed E-state index contributed by atoms with van der Waals surface area (Å²) >= 11 is 1.76. The topological polar surface area (TPSA) is 35.2 Å². The summed E-state index contributed by atoms with van der Waals surface area (Å²) in [7, 11) is 0. The first-order valence-electron chi connectivity index (χ1n) is 5.54. The highest BCUT2D eigenvalue weighted by atomic mass is 32.1. The van der Waals surface area contributed by atoms with E-state index in [-0.39, 0.29) is 11.6 Å². The predicted octanol–water partition coefficient (Wildman–Crippen LogP) is 2.82. The van der Waals surface area contributed by atoms with Crippen LogP contribution in [0.5, 0.6) is 0 Å². The van der Waals surface area contributed by atoms with Crippen molar-refractivity contribution >= 4 is 11.3 Å². The molecule has 0 radical (unpaired) electrons. The highest BCUT2D eigenvalue weighted by molar-refractivity contribution is 7.09. The third kappa shape index (κ3) is 3.30. The van der Waals surface area contributed by atoms with Crippen LogP contribution in [0.15, 0.2) is 17.5 Å². The molecule has 0 spiro atoms. The molecule has 15 heavy (non-hydrogen) atoms. The Morgan fingerprint density at radius 1 is 1.53 bits per heavy atom. The van der Waals surface area contributed by atoms with Gasteiger partial charge in [0.15, 0.2) is 0 Å². The molecule has 2 atom stereocenters. The van der Waals surface area contributed by atoms with E-state index < -0.39 is 0 Å². The number of ether oxygens (including phenoxy) is 1. The molecule has 0 aromatic carbocycles. The van der Waals surface area contributed by atoms with E-state index in [9.17, 15) is 0 Å². The summed E-state index contributed by atoms with van der Waals surface area (Å²) in [6.07, 6.45) is 1.86. The van der Waals surface area contributed by atoms with Crippen LogP contribution in [0.3, 0.4) is 0 Å². The Labute approximate surface area is 96.4 Å². The molecule has 0 saturated heterocycles. The second kappa shape index (κ2) is 5.64. The third-order valence-electron chi connectivity index (χ3n) is 2.96. The summed E-state index contributed by atoms with van der Waals surface area (Å²) in [5.41, 5.74) is 6.03. The van der Waals surface area contributed by atoms with Gasteiger partial charge >= 0.3 is 0 Å². The Bertz CT molecular complexity index is 273. The zero-order valence-corrected chi connectivity index (χ0v) is 10.6. The molecule has 1 rings (SSSR count). The molecule has 0 aliphatic rings. The van der Waals surface area contributed by atoms with Gasteiger partial charge in [-0.1, -0.05) is 13.0 Å². The van der Waals surface area contributed by atoms with E-state index >= 15 is 0 Å². The fourth-order valence-corrected chi connectivity index (χ4v) is 2.43. The second-order valence-corrected chi connectivity index (χ2v) is 5.02. The second-order valence-electron chi connectivity index (χ2n) is 3.99. The van der Waals surface area contributed by atoms with E-state index in [0.717, 1.165) is 19.4 Å². The largest absolute Gasteiger partial charge is 0.374 e. The molecule has 0 aliphatic carbocycles. The Morgan fingerprint density at radius 2 is 2.27 bits per heavy atom. The average Bonchev–Trinajstić information content (AvgIpc) is 2.70. The molecule has 86 valence electrons. The molecular formula is C12H21NOS. The first-order chi connectivity index (χ1) is 7.12. The Kier molecular flexibility index (Phi) is 4.77. The van der Waals surface area contributed by atoms with Crippen molar-refractivity contribution in [3.8, 4) is 0 Å². The summed E-state index contributed by atoms with van der Waals surface area (Å²) in [6, 6.07) is 4.27. The van der Waals surface area contributed by atoms with Gasteiger partial charge in [0.25, 0.3) is 0 Å². The van der Waals surface area contributed by atoms with Gasteiger partial charge in [0.2, 0.25) is 0 Å². The van der Waals surface area contributed by atoms with E-state index in [1.54, 1.807) is 11.3 Å². The first-order valence-corrected chi connectivity index (χ1v) is 6.42. The SMILES string of the molecule is CCOC(C)(CC)C(N)Cc1cccs1. The van der Waals surface area contributed by atoms with Crippen LogP contribution in [0.1, 0.15) is 32.1 Å². The Morgan fingerprint density at radius 3 is 2.73 bits per heavy atom. The lowest BCUT2D eigenvalue weighted by Crippen LogP contribution is -2.48. The van der Waals surface area contributed by atoms with Gasteiger partial charge in [0.1, 0.15) is 0 Å². The van der Waals surface area contributed by atoms with Crippen molar-refractivity contribution in [2.24, 2.45) is 5.73 Å². The van der Waals surface area contributed by atoms with E-state index in [4.69, 9.17) is 10.5 Å². The van der Waals surface area contributed by atoms with Crippen molar-refractivity contribution in [1.29, 1.82) is 0 Å². The van der Waals surface area contributed by atoms with Crippen LogP contribution in [0.2, 0.25) is 0 Å². The zero-order valence-electron chi connectivity index (χ0n) is 9.82. The molecule has 0 aliphatic heterocycles. The summed E-state index contributed by atoms with van der Waals surface area (Å²) in [4.78, 5) is 1.34. The fraction of sp³-hybridized carbons (Fsp3) is 0.667. The van der Waals surface area contributed by atoms with Gasteiger partial charge in [0.05, 0.1) is 5.60 Å². The maximum absolute atomic E-state index is 6.22. The third-order valence-corrected chi connectivity index (χ3v) is 3.86. The Balaban J connectivity index is 2.60. The summed E-state index contributed by atoms with van der Waals surface area (Å²) in [5, 5.41) is 2.09. The van der Waals surface area contributed by atoms with Crippen molar-refractivity contribution < 1.29 is 4.74 Å². The minimum absolute atomic E-state index is 0.0705. The zero-order chi connectivity index (χ0) is 11.3. The number of rotatable bonds is 6. The van der Waals surface area contributed by atoms with Crippen LogP contribution in [0, 0.1) is 0 Å². The molecule has 2 unspecified atom stereocenters. The minimum atomic E-state index is -0.196. The highest BCUT2D eigenvalue weighted by Gasteiger charge is 2.30. The van der Waals surface area contributed by atoms with Crippen LogP contribution in [-0.4, -0.2) is 18.2 Å². The van der Waals surface area contributed by atoms with Gasteiger partial charge in [-0.25, -0.2) is 0 Å². The maximum atomic E-state index is 6.22. The van der Waals surface area contributed by atoms with E-state index in [0.29, 0.717) is 0 Å². The standard InChI is InChI=1S/C12H21NOS/c1-4-12(3,14-5-2)11(13)9-10-7-6-8-15-10/h6-8,11H,4-5,9,13H2,1-3H3. The number of hydrogen-bond donors (Lipinski definition) is 1. The van der Waals surface area contributed by atoms with E-state index in [1.165, 1.54) is 4.88 Å². The van der Waals surface area contributed by atoms with Crippen molar-refractivity contribution in [3.63, 3.8) is 0 Å². The molecule has 0 fully saturated rings. The molecule has 1 aromatic heterocycles. The lowest BCUT2D eigenvalue weighted by molar-refractivity contribution is -0.0459. The molecule has 0 saturated carbocycles. The van der Waals surface area contributed by atoms with Gasteiger partial charge in [-0.2, -0.15) is 0 Å². The average molecular weight is 227 g/mol. The molecule has 3 heteroatoms. The lowest BCUT2D eigenvalue weighted by Gasteiger charge is -2.34. The predicted molar refractivity (Wildman–Crippen MR) is 66.3 cm³/mol. The summed E-state index contributed by atoms with van der Waals surface area (Å²) < 4.78 is 5.77. The van der Waals surface area contributed by atoms with Crippen LogP contribution in [-0.2, 0) is 11.2 Å². The molecule has 2 nitrogen and oxygen atoms in total. The first kappa shape index (κ1) is 12.7. The summed E-state index contributed by atoms with van der Waals surface area (Å²) in [6.45, 7) is 6.98. The van der Waals surface area contributed by atoms with E-state index in [2.05, 4.69) is 31.4 Å². The minimum Gasteiger partial charge on any atom is -0.374 e. The molecule has 2 N–H and O–H groups in total. The monoisotopic (exact) mass is 227 g/mol. The fourth-order valence-electron chi connectivity index (χ4n) is 1.66. The van der Waals surface area contributed by atoms with Crippen LogP contribution >= 0.6 is 11.3 Å². The van der Waals surface area contributed by atoms with Gasteiger partial charge in [-0.3, -0.25) is 0 Å². The van der Waals surface area contributed by atoms with Crippen LogP contribution < -0.4 is 5.73 Å². The number of hydrogen-bond acceptors (Lipinski definition) is 3. The molecule has 1 aromatic rings. The maximum Gasteiger partial charge on any atom is 0.0805 e. The van der Waals surface area contributed by atoms with Gasteiger partial charge in [-0.05, 0) is 38.1 Å². The van der Waals surface area contributed by atoms with Crippen molar-refractivity contribution in [2.45, 2.75) is 45.3 Å². The molecule has 0 bridgehead atoms. The lowest BCUT2D eigenvalue weighted by atomic mass is 9.91. The van der Waals surface area contributed by atoms with Gasteiger partial charge < -0.3 is 10.5 Å². The van der Waals surface area contributed by atoms with Crippen LogP contribution in [0.4, 0.5) is 0 Å². The highest BCUT2D eigenvalue weighted by Crippen LogP contribution is 2.23. The van der Waals surface area contributed by atoms with Gasteiger partial charge in [-0.15, -0.1) is 11.3 Å². The molecular weight excluding hydrogens is 206 g/mol. The Hall–Kier alpha value is -0.380. The molecule has 1 heterocycles. The van der Waals surface area contributed by atoms with E-state index in [1.807, 2.05) is 6.92 Å². The summed E-state index contributed by atoms with van der Waals surface area (Å²) in [5.74, 6) is 0. The normalized spacial score (nSPS) is 17.3.